The van der Waals surface area contributed by atoms with Gasteiger partial charge in [0.1, 0.15) is 5.75 Å². The van der Waals surface area contributed by atoms with Gasteiger partial charge in [-0.3, -0.25) is 0 Å². The van der Waals surface area contributed by atoms with Gasteiger partial charge >= 0.3 is 0 Å². The van der Waals surface area contributed by atoms with Crippen molar-refractivity contribution < 1.29 is 4.74 Å². The highest BCUT2D eigenvalue weighted by Gasteiger charge is 2.03. The summed E-state index contributed by atoms with van der Waals surface area (Å²) in [7, 11) is 0. The molecule has 0 saturated heterocycles. The molecule has 4 heteroatoms. The number of ether oxygens (including phenoxy) is 1. The summed E-state index contributed by atoms with van der Waals surface area (Å²) >= 11 is 3.46. The summed E-state index contributed by atoms with van der Waals surface area (Å²) in [5, 5.41) is 0. The van der Waals surface area contributed by atoms with Crippen LogP contribution in [0.25, 0.3) is 0 Å². The van der Waals surface area contributed by atoms with Gasteiger partial charge in [-0.2, -0.15) is 0 Å². The van der Waals surface area contributed by atoms with Crippen LogP contribution in [0, 0.1) is 6.92 Å². The molecule has 0 amide bonds. The first kappa shape index (κ1) is 13.1. The topological polar surface area (TPSA) is 48.1 Å². The molecule has 2 N–H and O–H groups in total. The van der Waals surface area contributed by atoms with E-state index >= 15 is 0 Å². The molecular weight excluding hydrogens is 292 g/mol. The van der Waals surface area contributed by atoms with Crippen LogP contribution in [0.4, 0.5) is 0 Å². The quantitative estimate of drug-likeness (QED) is 0.933. The Labute approximate surface area is 115 Å². The summed E-state index contributed by atoms with van der Waals surface area (Å²) < 4.78 is 6.74. The second-order valence-electron chi connectivity index (χ2n) is 4.23. The largest absolute Gasteiger partial charge is 0.439 e. The number of pyridine rings is 1. The second-order valence-corrected chi connectivity index (χ2v) is 5.09. The molecule has 0 saturated carbocycles. The first-order chi connectivity index (χ1) is 8.56. The number of nitrogens with zero attached hydrogens (tertiary/aromatic N) is 1. The maximum Gasteiger partial charge on any atom is 0.219 e. The summed E-state index contributed by atoms with van der Waals surface area (Å²) in [6, 6.07) is 9.57. The third kappa shape index (κ3) is 3.09. The SMILES string of the molecule is Cc1cc(Oc2ccc([C@@H](C)N)cn2)ccc1Br. The predicted molar refractivity (Wildman–Crippen MR) is 75.8 cm³/mol. The van der Waals surface area contributed by atoms with Crippen molar-refractivity contribution in [3.63, 3.8) is 0 Å². The van der Waals surface area contributed by atoms with Gasteiger partial charge in [-0.15, -0.1) is 0 Å². The zero-order chi connectivity index (χ0) is 13.1. The Morgan fingerprint density at radius 1 is 1.28 bits per heavy atom. The van der Waals surface area contributed by atoms with Gasteiger partial charge in [0.25, 0.3) is 0 Å². The lowest BCUT2D eigenvalue weighted by Crippen LogP contribution is -2.05. The Morgan fingerprint density at radius 3 is 2.61 bits per heavy atom. The van der Waals surface area contributed by atoms with Crippen molar-refractivity contribution in [2.24, 2.45) is 5.73 Å². The maximum atomic E-state index is 5.77. The number of hydrogen-bond donors (Lipinski definition) is 1. The summed E-state index contributed by atoms with van der Waals surface area (Å²) in [6.07, 6.45) is 1.74. The first-order valence-electron chi connectivity index (χ1n) is 5.72. The van der Waals surface area contributed by atoms with Crippen LogP contribution in [0.5, 0.6) is 11.6 Å². The monoisotopic (exact) mass is 306 g/mol. The molecule has 2 aromatic rings. The van der Waals surface area contributed by atoms with Gasteiger partial charge in [0, 0.05) is 22.8 Å². The van der Waals surface area contributed by atoms with Gasteiger partial charge in [0.2, 0.25) is 5.88 Å². The van der Waals surface area contributed by atoms with Crippen molar-refractivity contribution in [2.75, 3.05) is 0 Å². The number of aryl methyl sites for hydroxylation is 1. The highest BCUT2D eigenvalue weighted by molar-refractivity contribution is 9.10. The predicted octanol–water partition coefficient (Wildman–Crippen LogP) is 3.96. The lowest BCUT2D eigenvalue weighted by Gasteiger charge is -2.08. The fourth-order valence-corrected chi connectivity index (χ4v) is 1.77. The Morgan fingerprint density at radius 2 is 2.06 bits per heavy atom. The molecule has 1 aromatic heterocycles. The maximum absolute atomic E-state index is 5.77. The summed E-state index contributed by atoms with van der Waals surface area (Å²) in [6.45, 7) is 3.94. The van der Waals surface area contributed by atoms with Gasteiger partial charge in [-0.05, 0) is 43.2 Å². The minimum atomic E-state index is -0.0125. The van der Waals surface area contributed by atoms with Gasteiger partial charge < -0.3 is 10.5 Å². The first-order valence-corrected chi connectivity index (χ1v) is 6.51. The molecule has 0 aliphatic rings. The molecule has 0 fully saturated rings. The van der Waals surface area contributed by atoms with Crippen LogP contribution in [0.1, 0.15) is 24.1 Å². The molecule has 18 heavy (non-hydrogen) atoms. The Kier molecular flexibility index (Phi) is 3.99. The zero-order valence-corrected chi connectivity index (χ0v) is 11.9. The molecule has 0 aliphatic heterocycles. The van der Waals surface area contributed by atoms with Gasteiger partial charge in [0.15, 0.2) is 0 Å². The van der Waals surface area contributed by atoms with E-state index in [9.17, 15) is 0 Å². The number of hydrogen-bond acceptors (Lipinski definition) is 3. The van der Waals surface area contributed by atoms with Crippen molar-refractivity contribution in [2.45, 2.75) is 19.9 Å². The van der Waals surface area contributed by atoms with Crippen LogP contribution < -0.4 is 10.5 Å². The average molecular weight is 307 g/mol. The van der Waals surface area contributed by atoms with Crippen LogP contribution in [-0.2, 0) is 0 Å². The number of benzene rings is 1. The van der Waals surface area contributed by atoms with Gasteiger partial charge in [-0.25, -0.2) is 4.98 Å². The lowest BCUT2D eigenvalue weighted by molar-refractivity contribution is 0.462. The second kappa shape index (κ2) is 5.50. The van der Waals surface area contributed by atoms with E-state index in [1.165, 1.54) is 0 Å². The van der Waals surface area contributed by atoms with Gasteiger partial charge in [0.05, 0.1) is 0 Å². The number of rotatable bonds is 3. The van der Waals surface area contributed by atoms with E-state index in [4.69, 9.17) is 10.5 Å². The van der Waals surface area contributed by atoms with Crippen molar-refractivity contribution in [3.8, 4) is 11.6 Å². The minimum Gasteiger partial charge on any atom is -0.439 e. The number of aromatic nitrogens is 1. The molecular formula is C14H15BrN2O. The molecule has 2 rings (SSSR count). The van der Waals surface area contributed by atoms with Crippen molar-refractivity contribution >= 4 is 15.9 Å². The van der Waals surface area contributed by atoms with E-state index in [1.807, 2.05) is 44.2 Å². The summed E-state index contributed by atoms with van der Waals surface area (Å²) in [4.78, 5) is 4.23. The van der Waals surface area contributed by atoms with E-state index < -0.39 is 0 Å². The highest BCUT2D eigenvalue weighted by atomic mass is 79.9. The van der Waals surface area contributed by atoms with E-state index in [-0.39, 0.29) is 6.04 Å². The van der Waals surface area contributed by atoms with Crippen molar-refractivity contribution in [1.82, 2.24) is 4.98 Å². The summed E-state index contributed by atoms with van der Waals surface area (Å²) in [5.41, 5.74) is 7.89. The van der Waals surface area contributed by atoms with E-state index in [0.717, 1.165) is 21.3 Å². The number of nitrogens with two attached hydrogens (primary N) is 1. The molecule has 0 bridgehead atoms. The standard InChI is InChI=1S/C14H15BrN2O/c1-9-7-12(4-5-13(9)15)18-14-6-3-11(8-17-14)10(2)16/h3-8,10H,16H2,1-2H3/t10-/m1/s1. The molecule has 0 unspecified atom stereocenters. The van der Waals surface area contributed by atoms with Crippen LogP contribution in [0.3, 0.4) is 0 Å². The Balaban J connectivity index is 2.15. The molecule has 1 heterocycles. The molecule has 94 valence electrons. The lowest BCUT2D eigenvalue weighted by atomic mass is 10.2. The van der Waals surface area contributed by atoms with Crippen LogP contribution in [0.15, 0.2) is 41.0 Å². The van der Waals surface area contributed by atoms with Crippen LogP contribution in [-0.4, -0.2) is 4.98 Å². The summed E-state index contributed by atoms with van der Waals surface area (Å²) in [5.74, 6) is 1.35. The minimum absolute atomic E-state index is 0.0125. The zero-order valence-electron chi connectivity index (χ0n) is 10.4. The fraction of sp³-hybridized carbons (Fsp3) is 0.214. The van der Waals surface area contributed by atoms with E-state index in [1.54, 1.807) is 6.20 Å². The highest BCUT2D eigenvalue weighted by Crippen LogP contribution is 2.25. The third-order valence-corrected chi connectivity index (χ3v) is 3.53. The smallest absolute Gasteiger partial charge is 0.219 e. The molecule has 1 aromatic carbocycles. The average Bonchev–Trinajstić information content (AvgIpc) is 2.34. The molecule has 3 nitrogen and oxygen atoms in total. The number of halogens is 1. The van der Waals surface area contributed by atoms with E-state index in [0.29, 0.717) is 5.88 Å². The molecule has 0 radical (unpaired) electrons. The molecule has 0 aliphatic carbocycles. The van der Waals surface area contributed by atoms with E-state index in [2.05, 4.69) is 20.9 Å². The Hall–Kier alpha value is -1.39. The Bertz CT molecular complexity index is 538. The fourth-order valence-electron chi connectivity index (χ4n) is 1.52. The van der Waals surface area contributed by atoms with Crippen molar-refractivity contribution in [3.05, 3.63) is 52.1 Å². The van der Waals surface area contributed by atoms with Crippen LogP contribution in [0.2, 0.25) is 0 Å². The van der Waals surface area contributed by atoms with Crippen molar-refractivity contribution in [1.29, 1.82) is 0 Å². The third-order valence-electron chi connectivity index (χ3n) is 2.64. The molecule has 1 atom stereocenters. The molecule has 0 spiro atoms. The van der Waals surface area contributed by atoms with Crippen LogP contribution >= 0.6 is 15.9 Å². The normalized spacial score (nSPS) is 12.2. The van der Waals surface area contributed by atoms with Gasteiger partial charge in [-0.1, -0.05) is 22.0 Å².